The van der Waals surface area contributed by atoms with Crippen molar-refractivity contribution in [3.63, 3.8) is 0 Å². The number of amides is 1. The fourth-order valence-corrected chi connectivity index (χ4v) is 2.49. The van der Waals surface area contributed by atoms with Gasteiger partial charge in [0.05, 0.1) is 5.69 Å². The van der Waals surface area contributed by atoms with Gasteiger partial charge in [-0.15, -0.1) is 0 Å². The van der Waals surface area contributed by atoms with Crippen LogP contribution in [0.25, 0.3) is 0 Å². The van der Waals surface area contributed by atoms with Crippen LogP contribution < -0.4 is 19.5 Å². The van der Waals surface area contributed by atoms with Crippen LogP contribution in [0.3, 0.4) is 0 Å². The van der Waals surface area contributed by atoms with Crippen molar-refractivity contribution < 1.29 is 19.0 Å². The molecular weight excluding hydrogens is 354 g/mol. The predicted molar refractivity (Wildman–Crippen MR) is 109 cm³/mol. The van der Waals surface area contributed by atoms with E-state index in [2.05, 4.69) is 5.32 Å². The molecule has 0 aliphatic carbocycles. The van der Waals surface area contributed by atoms with E-state index >= 15 is 0 Å². The van der Waals surface area contributed by atoms with E-state index in [1.807, 2.05) is 73.7 Å². The number of carbonyl (C=O) groups is 1. The minimum atomic E-state index is -0.253. The van der Waals surface area contributed by atoms with Gasteiger partial charge < -0.3 is 19.5 Å². The van der Waals surface area contributed by atoms with Gasteiger partial charge in [-0.3, -0.25) is 4.79 Å². The standard InChI is InChI=1S/C23H23NO4/c1-18-11-13-20(14-12-18)28-17-23(25)24-21-9-5-6-10-22(21)27-16-15-26-19-7-3-2-4-8-19/h2-14H,15-17H2,1H3,(H,24,25). The summed E-state index contributed by atoms with van der Waals surface area (Å²) in [6, 6.07) is 24.4. The first kappa shape index (κ1) is 19.3. The molecule has 0 aliphatic heterocycles. The van der Waals surface area contributed by atoms with Gasteiger partial charge in [-0.25, -0.2) is 0 Å². The largest absolute Gasteiger partial charge is 0.490 e. The number of hydrogen-bond acceptors (Lipinski definition) is 4. The van der Waals surface area contributed by atoms with Crippen molar-refractivity contribution in [2.24, 2.45) is 0 Å². The van der Waals surface area contributed by atoms with Crippen molar-refractivity contribution in [1.29, 1.82) is 0 Å². The molecule has 5 heteroatoms. The lowest BCUT2D eigenvalue weighted by atomic mass is 10.2. The summed E-state index contributed by atoms with van der Waals surface area (Å²) in [7, 11) is 0. The van der Waals surface area contributed by atoms with Gasteiger partial charge in [0, 0.05) is 0 Å². The van der Waals surface area contributed by atoms with Crippen molar-refractivity contribution in [2.75, 3.05) is 25.1 Å². The third-order valence-electron chi connectivity index (χ3n) is 3.90. The Morgan fingerprint density at radius 2 is 1.39 bits per heavy atom. The molecule has 0 spiro atoms. The van der Waals surface area contributed by atoms with Crippen molar-refractivity contribution in [2.45, 2.75) is 6.92 Å². The van der Waals surface area contributed by atoms with Gasteiger partial charge in [0.15, 0.2) is 6.61 Å². The van der Waals surface area contributed by atoms with Crippen LogP contribution in [0.4, 0.5) is 5.69 Å². The van der Waals surface area contributed by atoms with Crippen LogP contribution in [0.15, 0.2) is 78.9 Å². The normalized spacial score (nSPS) is 10.2. The van der Waals surface area contributed by atoms with Crippen LogP contribution >= 0.6 is 0 Å². The maximum absolute atomic E-state index is 12.2. The Kier molecular flexibility index (Phi) is 6.90. The zero-order chi connectivity index (χ0) is 19.6. The average molecular weight is 377 g/mol. The van der Waals surface area contributed by atoms with Crippen LogP contribution in [-0.2, 0) is 4.79 Å². The van der Waals surface area contributed by atoms with E-state index in [-0.39, 0.29) is 12.5 Å². The number of aryl methyl sites for hydroxylation is 1. The molecule has 1 N–H and O–H groups in total. The number of benzene rings is 3. The van der Waals surface area contributed by atoms with Crippen LogP contribution in [-0.4, -0.2) is 25.7 Å². The summed E-state index contributed by atoms with van der Waals surface area (Å²) in [6.45, 7) is 2.69. The summed E-state index contributed by atoms with van der Waals surface area (Å²) in [6.07, 6.45) is 0. The first-order chi connectivity index (χ1) is 13.7. The van der Waals surface area contributed by atoms with Crippen LogP contribution in [0.5, 0.6) is 17.2 Å². The highest BCUT2D eigenvalue weighted by atomic mass is 16.5. The molecule has 3 aromatic rings. The predicted octanol–water partition coefficient (Wildman–Crippen LogP) is 4.47. The molecule has 3 rings (SSSR count). The fourth-order valence-electron chi connectivity index (χ4n) is 2.49. The van der Waals surface area contributed by atoms with Crippen molar-refractivity contribution in [1.82, 2.24) is 0 Å². The SMILES string of the molecule is Cc1ccc(OCC(=O)Nc2ccccc2OCCOc2ccccc2)cc1. The van der Waals surface area contributed by atoms with Gasteiger partial charge in [-0.05, 0) is 43.3 Å². The second-order valence-electron chi connectivity index (χ2n) is 6.16. The highest BCUT2D eigenvalue weighted by Gasteiger charge is 2.08. The smallest absolute Gasteiger partial charge is 0.262 e. The topological polar surface area (TPSA) is 56.8 Å². The van der Waals surface area contributed by atoms with E-state index in [1.165, 1.54) is 0 Å². The Bertz CT molecular complexity index is 879. The number of para-hydroxylation sites is 3. The van der Waals surface area contributed by atoms with E-state index in [9.17, 15) is 4.79 Å². The van der Waals surface area contributed by atoms with Gasteiger partial charge in [-0.2, -0.15) is 0 Å². The lowest BCUT2D eigenvalue weighted by Crippen LogP contribution is -2.21. The molecule has 0 unspecified atom stereocenters. The first-order valence-electron chi connectivity index (χ1n) is 9.10. The molecule has 0 saturated carbocycles. The number of anilines is 1. The molecule has 0 heterocycles. The zero-order valence-corrected chi connectivity index (χ0v) is 15.8. The van der Waals surface area contributed by atoms with Crippen molar-refractivity contribution in [3.8, 4) is 17.2 Å². The molecule has 144 valence electrons. The number of rotatable bonds is 9. The molecule has 0 radical (unpaired) electrons. The van der Waals surface area contributed by atoms with Crippen molar-refractivity contribution >= 4 is 11.6 Å². The lowest BCUT2D eigenvalue weighted by Gasteiger charge is -2.13. The summed E-state index contributed by atoms with van der Waals surface area (Å²) < 4.78 is 16.9. The molecule has 0 saturated heterocycles. The summed E-state index contributed by atoms with van der Waals surface area (Å²) >= 11 is 0. The molecule has 1 amide bonds. The molecule has 5 nitrogen and oxygen atoms in total. The van der Waals surface area contributed by atoms with Crippen LogP contribution in [0.2, 0.25) is 0 Å². The Morgan fingerprint density at radius 3 is 2.18 bits per heavy atom. The first-order valence-corrected chi connectivity index (χ1v) is 9.10. The molecule has 0 aliphatic rings. The number of carbonyl (C=O) groups excluding carboxylic acids is 1. The third kappa shape index (κ3) is 6.06. The monoisotopic (exact) mass is 377 g/mol. The summed E-state index contributed by atoms with van der Waals surface area (Å²) in [5.74, 6) is 1.78. The molecule has 0 fully saturated rings. The molecule has 0 atom stereocenters. The van der Waals surface area contributed by atoms with Gasteiger partial charge in [0.1, 0.15) is 30.5 Å². The highest BCUT2D eigenvalue weighted by molar-refractivity contribution is 5.93. The van der Waals surface area contributed by atoms with Crippen LogP contribution in [0, 0.1) is 6.92 Å². The molecule has 3 aromatic carbocycles. The third-order valence-corrected chi connectivity index (χ3v) is 3.90. The summed E-state index contributed by atoms with van der Waals surface area (Å²) in [5.41, 5.74) is 1.74. The van der Waals surface area contributed by atoms with Gasteiger partial charge in [-0.1, -0.05) is 48.0 Å². The van der Waals surface area contributed by atoms with Gasteiger partial charge in [0.2, 0.25) is 0 Å². The fraction of sp³-hybridized carbons (Fsp3) is 0.174. The number of nitrogens with one attached hydrogen (secondary N) is 1. The van der Waals surface area contributed by atoms with Crippen LogP contribution in [0.1, 0.15) is 5.56 Å². The van der Waals surface area contributed by atoms with Gasteiger partial charge >= 0.3 is 0 Å². The Labute approximate surface area is 164 Å². The number of hydrogen-bond donors (Lipinski definition) is 1. The molecular formula is C23H23NO4. The summed E-state index contributed by atoms with van der Waals surface area (Å²) in [5, 5.41) is 2.82. The van der Waals surface area contributed by atoms with E-state index in [0.717, 1.165) is 11.3 Å². The van der Waals surface area contributed by atoms with E-state index in [4.69, 9.17) is 14.2 Å². The Balaban J connectivity index is 1.47. The minimum absolute atomic E-state index is 0.0749. The molecule has 28 heavy (non-hydrogen) atoms. The highest BCUT2D eigenvalue weighted by Crippen LogP contribution is 2.23. The van der Waals surface area contributed by atoms with Crippen molar-refractivity contribution in [3.05, 3.63) is 84.4 Å². The molecule has 0 aromatic heterocycles. The lowest BCUT2D eigenvalue weighted by molar-refractivity contribution is -0.118. The number of ether oxygens (including phenoxy) is 3. The van der Waals surface area contributed by atoms with E-state index in [1.54, 1.807) is 12.1 Å². The zero-order valence-electron chi connectivity index (χ0n) is 15.8. The second kappa shape index (κ2) is 10.0. The Morgan fingerprint density at radius 1 is 0.750 bits per heavy atom. The molecule has 0 bridgehead atoms. The maximum atomic E-state index is 12.2. The Hall–Kier alpha value is -3.47. The quantitative estimate of drug-likeness (QED) is 0.559. The van der Waals surface area contributed by atoms with E-state index < -0.39 is 0 Å². The minimum Gasteiger partial charge on any atom is -0.490 e. The van der Waals surface area contributed by atoms with Gasteiger partial charge in [0.25, 0.3) is 5.91 Å². The maximum Gasteiger partial charge on any atom is 0.262 e. The van der Waals surface area contributed by atoms with E-state index in [0.29, 0.717) is 30.4 Å². The summed E-state index contributed by atoms with van der Waals surface area (Å²) in [4.78, 5) is 12.2. The second-order valence-corrected chi connectivity index (χ2v) is 6.16. The average Bonchev–Trinajstić information content (AvgIpc) is 2.73.